The van der Waals surface area contributed by atoms with Crippen LogP contribution in [0.3, 0.4) is 0 Å². The lowest BCUT2D eigenvalue weighted by Crippen LogP contribution is -2.52. The first-order chi connectivity index (χ1) is 16.2. The third-order valence-electron chi connectivity index (χ3n) is 5.67. The first kappa shape index (κ1) is 23.8. The molecule has 4 nitrogen and oxygen atoms in total. The summed E-state index contributed by atoms with van der Waals surface area (Å²) in [5.74, 6) is -2.73. The molecule has 2 atom stereocenters. The highest BCUT2D eigenvalue weighted by molar-refractivity contribution is 8.02. The minimum Gasteiger partial charge on any atom is -0.354 e. The van der Waals surface area contributed by atoms with Gasteiger partial charge in [-0.3, -0.25) is 9.59 Å². The van der Waals surface area contributed by atoms with Crippen molar-refractivity contribution in [3.63, 3.8) is 0 Å². The number of benzene rings is 3. The Kier molecular flexibility index (Phi) is 6.65. The lowest BCUT2D eigenvalue weighted by Gasteiger charge is -2.31. The maximum Gasteiger partial charge on any atom is 0.416 e. The van der Waals surface area contributed by atoms with Crippen LogP contribution in [-0.4, -0.2) is 23.1 Å². The van der Waals surface area contributed by atoms with E-state index < -0.39 is 40.0 Å². The summed E-state index contributed by atoms with van der Waals surface area (Å²) < 4.78 is 52.4. The Morgan fingerprint density at radius 1 is 1.03 bits per heavy atom. The highest BCUT2D eigenvalue weighted by atomic mass is 32.2. The first-order valence-electron chi connectivity index (χ1n) is 10.4. The standard InChI is InChI=1S/C25H20F4N2O2S/c26-21-12-5-4-7-17(21)14-30-22(32)24(34-19-10-2-1-3-11-19)20(15-31-23(24)33)16-8-6-9-18(13-16)25(27,28)29/h1-13,20H,14-15H2,(H,30,32)(H,31,33). The molecule has 1 aliphatic heterocycles. The first-order valence-corrected chi connectivity index (χ1v) is 11.2. The summed E-state index contributed by atoms with van der Waals surface area (Å²) in [7, 11) is 0. The van der Waals surface area contributed by atoms with E-state index in [0.717, 1.165) is 23.9 Å². The van der Waals surface area contributed by atoms with Crippen LogP contribution in [0.4, 0.5) is 17.6 Å². The zero-order valence-corrected chi connectivity index (χ0v) is 18.6. The molecule has 2 unspecified atom stereocenters. The minimum atomic E-state index is -4.58. The second kappa shape index (κ2) is 9.50. The third-order valence-corrected chi connectivity index (χ3v) is 7.15. The van der Waals surface area contributed by atoms with Crippen molar-refractivity contribution in [2.24, 2.45) is 0 Å². The van der Waals surface area contributed by atoms with Crippen LogP contribution in [0.2, 0.25) is 0 Å². The maximum absolute atomic E-state index is 14.1. The molecule has 0 radical (unpaired) electrons. The Morgan fingerprint density at radius 3 is 2.44 bits per heavy atom. The molecule has 0 aromatic heterocycles. The van der Waals surface area contributed by atoms with E-state index >= 15 is 0 Å². The van der Waals surface area contributed by atoms with Gasteiger partial charge in [0.05, 0.1) is 5.56 Å². The van der Waals surface area contributed by atoms with E-state index in [1.807, 2.05) is 0 Å². The van der Waals surface area contributed by atoms with Crippen molar-refractivity contribution >= 4 is 23.6 Å². The zero-order valence-electron chi connectivity index (χ0n) is 17.7. The minimum absolute atomic E-state index is 0.0207. The normalized spacial score (nSPS) is 20.1. The average molecular weight is 489 g/mol. The predicted molar refractivity (Wildman–Crippen MR) is 120 cm³/mol. The number of hydrogen-bond donors (Lipinski definition) is 2. The maximum atomic E-state index is 14.1. The molecule has 1 saturated heterocycles. The van der Waals surface area contributed by atoms with Crippen LogP contribution in [0.5, 0.6) is 0 Å². The highest BCUT2D eigenvalue weighted by Crippen LogP contribution is 2.47. The molecule has 9 heteroatoms. The Bertz CT molecular complexity index is 1200. The van der Waals surface area contributed by atoms with Gasteiger partial charge >= 0.3 is 6.18 Å². The van der Waals surface area contributed by atoms with Crippen molar-refractivity contribution in [2.45, 2.75) is 28.3 Å². The molecular weight excluding hydrogens is 468 g/mol. The van der Waals surface area contributed by atoms with Gasteiger partial charge in [0.15, 0.2) is 4.75 Å². The van der Waals surface area contributed by atoms with Crippen LogP contribution < -0.4 is 10.6 Å². The largest absolute Gasteiger partial charge is 0.416 e. The Labute approximate surface area is 197 Å². The summed E-state index contributed by atoms with van der Waals surface area (Å²) in [5, 5.41) is 5.29. The summed E-state index contributed by atoms with van der Waals surface area (Å²) in [5.41, 5.74) is -0.433. The number of rotatable bonds is 6. The van der Waals surface area contributed by atoms with Gasteiger partial charge in [0.2, 0.25) is 11.8 Å². The van der Waals surface area contributed by atoms with Gasteiger partial charge in [-0.05, 0) is 29.8 Å². The van der Waals surface area contributed by atoms with Crippen LogP contribution in [0.25, 0.3) is 0 Å². The molecule has 0 saturated carbocycles. The Morgan fingerprint density at radius 2 is 1.74 bits per heavy atom. The molecule has 3 aromatic carbocycles. The monoisotopic (exact) mass is 488 g/mol. The number of alkyl halides is 3. The fraction of sp³-hybridized carbons (Fsp3) is 0.200. The highest BCUT2D eigenvalue weighted by Gasteiger charge is 2.57. The molecule has 1 heterocycles. The second-order valence-electron chi connectivity index (χ2n) is 7.81. The van der Waals surface area contributed by atoms with Crippen LogP contribution in [0, 0.1) is 5.82 Å². The van der Waals surface area contributed by atoms with E-state index in [1.54, 1.807) is 36.4 Å². The second-order valence-corrected chi connectivity index (χ2v) is 9.13. The lowest BCUT2D eigenvalue weighted by atomic mass is 9.86. The number of nitrogens with one attached hydrogen (secondary N) is 2. The molecule has 0 spiro atoms. The molecule has 0 aliphatic carbocycles. The molecule has 2 amide bonds. The van der Waals surface area contributed by atoms with Crippen molar-refractivity contribution in [1.29, 1.82) is 0 Å². The molecule has 1 aliphatic rings. The molecule has 1 fully saturated rings. The number of thioether (sulfide) groups is 1. The van der Waals surface area contributed by atoms with Gasteiger partial charge in [0, 0.05) is 29.5 Å². The summed E-state index contributed by atoms with van der Waals surface area (Å²) in [6, 6.07) is 19.2. The Hall–Kier alpha value is -3.33. The van der Waals surface area contributed by atoms with Crippen molar-refractivity contribution in [1.82, 2.24) is 10.6 Å². The van der Waals surface area contributed by atoms with E-state index in [0.29, 0.717) is 4.90 Å². The molecule has 3 aromatic rings. The van der Waals surface area contributed by atoms with Crippen molar-refractivity contribution in [2.75, 3.05) is 6.54 Å². The van der Waals surface area contributed by atoms with Crippen LogP contribution in [0.15, 0.2) is 83.8 Å². The SMILES string of the molecule is O=C(NCc1ccccc1F)C1(Sc2ccccc2)C(=O)NCC1c1cccc(C(F)(F)F)c1. The quantitative estimate of drug-likeness (QED) is 0.383. The molecule has 2 N–H and O–H groups in total. The molecular formula is C25H20F4N2O2S. The van der Waals surface area contributed by atoms with Gasteiger partial charge in [-0.2, -0.15) is 13.2 Å². The summed E-state index contributed by atoms with van der Waals surface area (Å²) in [4.78, 5) is 27.4. The van der Waals surface area contributed by atoms with E-state index in [4.69, 9.17) is 0 Å². The third kappa shape index (κ3) is 4.65. The lowest BCUT2D eigenvalue weighted by molar-refractivity contribution is -0.137. The fourth-order valence-corrected chi connectivity index (χ4v) is 5.32. The van der Waals surface area contributed by atoms with Crippen molar-refractivity contribution < 1.29 is 27.2 Å². The fourth-order valence-electron chi connectivity index (χ4n) is 3.96. The topological polar surface area (TPSA) is 58.2 Å². The van der Waals surface area contributed by atoms with Gasteiger partial charge < -0.3 is 10.6 Å². The zero-order chi connectivity index (χ0) is 24.3. The predicted octanol–water partition coefficient (Wildman–Crippen LogP) is 4.91. The summed E-state index contributed by atoms with van der Waals surface area (Å²) in [6.07, 6.45) is -4.58. The van der Waals surface area contributed by atoms with Crippen molar-refractivity contribution in [3.05, 3.63) is 101 Å². The van der Waals surface area contributed by atoms with Gasteiger partial charge in [-0.15, -0.1) is 0 Å². The number of amides is 2. The smallest absolute Gasteiger partial charge is 0.354 e. The number of hydrogen-bond acceptors (Lipinski definition) is 3. The summed E-state index contributed by atoms with van der Waals surface area (Å²) >= 11 is 0.971. The number of carbonyl (C=O) groups excluding carboxylic acids is 2. The van der Waals surface area contributed by atoms with E-state index in [2.05, 4.69) is 10.6 Å². The molecule has 176 valence electrons. The number of carbonyl (C=O) groups is 2. The molecule has 4 rings (SSSR count). The van der Waals surface area contributed by atoms with E-state index in [9.17, 15) is 27.2 Å². The van der Waals surface area contributed by atoms with Gasteiger partial charge in [0.1, 0.15) is 5.82 Å². The number of halogens is 4. The van der Waals surface area contributed by atoms with Crippen LogP contribution in [0.1, 0.15) is 22.6 Å². The van der Waals surface area contributed by atoms with Gasteiger partial charge in [-0.1, -0.05) is 66.4 Å². The van der Waals surface area contributed by atoms with Crippen molar-refractivity contribution in [3.8, 4) is 0 Å². The van der Waals surface area contributed by atoms with Crippen LogP contribution >= 0.6 is 11.8 Å². The van der Waals surface area contributed by atoms with Gasteiger partial charge in [0.25, 0.3) is 0 Å². The van der Waals surface area contributed by atoms with E-state index in [-0.39, 0.29) is 24.2 Å². The molecule has 34 heavy (non-hydrogen) atoms. The van der Waals surface area contributed by atoms with Gasteiger partial charge in [-0.25, -0.2) is 4.39 Å². The molecule has 0 bridgehead atoms. The van der Waals surface area contributed by atoms with E-state index in [1.165, 1.54) is 30.3 Å². The average Bonchev–Trinajstić information content (AvgIpc) is 3.15. The Balaban J connectivity index is 1.75. The van der Waals surface area contributed by atoms with Crippen LogP contribution in [-0.2, 0) is 22.3 Å². The summed E-state index contributed by atoms with van der Waals surface area (Å²) in [6.45, 7) is -0.196.